The van der Waals surface area contributed by atoms with Crippen LogP contribution in [0.1, 0.15) is 5.56 Å². The summed E-state index contributed by atoms with van der Waals surface area (Å²) in [5.41, 5.74) is 2.00. The Bertz CT molecular complexity index is 565. The smallest absolute Gasteiger partial charge is 0.162 e. The molecule has 6 heteroatoms. The summed E-state index contributed by atoms with van der Waals surface area (Å²) >= 11 is 18.6. The van der Waals surface area contributed by atoms with Crippen LogP contribution in [-0.2, 0) is 0 Å². The maximum absolute atomic E-state index is 5.95. The first-order valence-corrected chi connectivity index (χ1v) is 6.98. The standard InChI is InChI=1S/C11H6Br2Cl2N2/c1-5-2-3-6(4-7(5)12)11-16-9(14)8(13)10(15)17-11/h2-4H,1H3. The SMILES string of the molecule is Cc1ccc(-c2nc(Cl)c(Br)c(Cl)n2)cc1Br. The Morgan fingerprint density at radius 2 is 1.65 bits per heavy atom. The second kappa shape index (κ2) is 5.22. The van der Waals surface area contributed by atoms with Gasteiger partial charge in [0.05, 0.1) is 4.47 Å². The Balaban J connectivity index is 2.57. The molecule has 1 aromatic carbocycles. The lowest BCUT2D eigenvalue weighted by molar-refractivity contribution is 1.16. The molecule has 17 heavy (non-hydrogen) atoms. The molecule has 0 fully saturated rings. The number of aryl methyl sites for hydroxylation is 1. The summed E-state index contributed by atoms with van der Waals surface area (Å²) < 4.78 is 1.50. The zero-order chi connectivity index (χ0) is 12.6. The molecule has 0 aliphatic carbocycles. The monoisotopic (exact) mass is 394 g/mol. The number of halogens is 4. The Kier molecular flexibility index (Phi) is 4.08. The van der Waals surface area contributed by atoms with Crippen LogP contribution in [0.4, 0.5) is 0 Å². The number of aromatic nitrogens is 2. The zero-order valence-electron chi connectivity index (χ0n) is 8.64. The molecule has 0 bridgehead atoms. The third kappa shape index (κ3) is 2.81. The maximum Gasteiger partial charge on any atom is 0.162 e. The maximum atomic E-state index is 5.95. The molecule has 0 aliphatic rings. The molecule has 2 rings (SSSR count). The number of hydrogen-bond donors (Lipinski definition) is 0. The fourth-order valence-corrected chi connectivity index (χ4v) is 2.20. The molecule has 0 spiro atoms. The second-order valence-electron chi connectivity index (χ2n) is 3.41. The van der Waals surface area contributed by atoms with Crippen LogP contribution in [0.25, 0.3) is 11.4 Å². The predicted octanol–water partition coefficient (Wildman–Crippen LogP) is 5.28. The van der Waals surface area contributed by atoms with Gasteiger partial charge in [-0.3, -0.25) is 0 Å². The first-order chi connectivity index (χ1) is 7.99. The van der Waals surface area contributed by atoms with Crippen LogP contribution in [0.3, 0.4) is 0 Å². The topological polar surface area (TPSA) is 25.8 Å². The van der Waals surface area contributed by atoms with Gasteiger partial charge in [-0.2, -0.15) is 0 Å². The molecule has 0 atom stereocenters. The minimum Gasteiger partial charge on any atom is -0.215 e. The van der Waals surface area contributed by atoms with Gasteiger partial charge in [0.15, 0.2) is 5.82 Å². The van der Waals surface area contributed by atoms with E-state index in [0.717, 1.165) is 15.6 Å². The summed E-state index contributed by atoms with van der Waals surface area (Å²) in [7, 11) is 0. The molecular formula is C11H6Br2Cl2N2. The van der Waals surface area contributed by atoms with Crippen molar-refractivity contribution in [3.8, 4) is 11.4 Å². The molecule has 2 nitrogen and oxygen atoms in total. The second-order valence-corrected chi connectivity index (χ2v) is 5.77. The van der Waals surface area contributed by atoms with E-state index in [1.165, 1.54) is 0 Å². The van der Waals surface area contributed by atoms with Crippen LogP contribution in [0.15, 0.2) is 27.1 Å². The molecule has 1 aromatic heterocycles. The van der Waals surface area contributed by atoms with Gasteiger partial charge in [0.25, 0.3) is 0 Å². The first-order valence-electron chi connectivity index (χ1n) is 4.64. The summed E-state index contributed by atoms with van der Waals surface area (Å²) in [4.78, 5) is 8.35. The van der Waals surface area contributed by atoms with Gasteiger partial charge in [0.1, 0.15) is 10.3 Å². The number of benzene rings is 1. The average molecular weight is 397 g/mol. The Morgan fingerprint density at radius 3 is 2.18 bits per heavy atom. The highest BCUT2D eigenvalue weighted by molar-refractivity contribution is 9.11. The lowest BCUT2D eigenvalue weighted by Gasteiger charge is -2.05. The molecule has 0 saturated heterocycles. The van der Waals surface area contributed by atoms with E-state index in [0.29, 0.717) is 20.6 Å². The highest BCUT2D eigenvalue weighted by Gasteiger charge is 2.11. The lowest BCUT2D eigenvalue weighted by Crippen LogP contribution is -1.92. The molecule has 0 amide bonds. The van der Waals surface area contributed by atoms with Crippen LogP contribution in [0, 0.1) is 6.92 Å². The molecule has 0 N–H and O–H groups in total. The quantitative estimate of drug-likeness (QED) is 0.612. The van der Waals surface area contributed by atoms with E-state index >= 15 is 0 Å². The highest BCUT2D eigenvalue weighted by Crippen LogP contribution is 2.31. The number of rotatable bonds is 1. The molecule has 0 unspecified atom stereocenters. The Labute approximate surface area is 126 Å². The third-order valence-corrected chi connectivity index (χ3v) is 4.81. The van der Waals surface area contributed by atoms with Crippen LogP contribution in [-0.4, -0.2) is 9.97 Å². The van der Waals surface area contributed by atoms with E-state index in [4.69, 9.17) is 23.2 Å². The summed E-state index contributed by atoms with van der Waals surface area (Å²) in [5.74, 6) is 0.504. The van der Waals surface area contributed by atoms with E-state index < -0.39 is 0 Å². The minimum atomic E-state index is 0.302. The van der Waals surface area contributed by atoms with Crippen LogP contribution >= 0.6 is 55.1 Å². The summed E-state index contributed by atoms with van der Waals surface area (Å²) in [6.07, 6.45) is 0. The van der Waals surface area contributed by atoms with E-state index in [1.807, 2.05) is 25.1 Å². The van der Waals surface area contributed by atoms with Crippen molar-refractivity contribution in [2.75, 3.05) is 0 Å². The molecule has 0 saturated carbocycles. The first kappa shape index (κ1) is 13.3. The number of nitrogens with zero attached hydrogens (tertiary/aromatic N) is 2. The molecule has 2 aromatic rings. The summed E-state index contributed by atoms with van der Waals surface area (Å²) in [5, 5.41) is 0.605. The van der Waals surface area contributed by atoms with E-state index in [-0.39, 0.29) is 0 Å². The normalized spacial score (nSPS) is 10.6. The van der Waals surface area contributed by atoms with Crippen molar-refractivity contribution in [2.45, 2.75) is 6.92 Å². The van der Waals surface area contributed by atoms with E-state index in [2.05, 4.69) is 41.8 Å². The van der Waals surface area contributed by atoms with Crippen molar-refractivity contribution in [2.24, 2.45) is 0 Å². The minimum absolute atomic E-state index is 0.302. The van der Waals surface area contributed by atoms with Crippen molar-refractivity contribution in [3.63, 3.8) is 0 Å². The fraction of sp³-hybridized carbons (Fsp3) is 0.0909. The van der Waals surface area contributed by atoms with Crippen LogP contribution in [0.5, 0.6) is 0 Å². The van der Waals surface area contributed by atoms with Gasteiger partial charge in [-0.15, -0.1) is 0 Å². The van der Waals surface area contributed by atoms with Gasteiger partial charge in [0.2, 0.25) is 0 Å². The van der Waals surface area contributed by atoms with Crippen LogP contribution < -0.4 is 0 Å². The zero-order valence-corrected chi connectivity index (χ0v) is 13.3. The predicted molar refractivity (Wildman–Crippen MR) is 77.6 cm³/mol. The van der Waals surface area contributed by atoms with Crippen molar-refractivity contribution >= 4 is 55.1 Å². The van der Waals surface area contributed by atoms with Crippen LogP contribution in [0.2, 0.25) is 10.3 Å². The third-order valence-electron chi connectivity index (χ3n) is 2.20. The van der Waals surface area contributed by atoms with E-state index in [9.17, 15) is 0 Å². The summed E-state index contributed by atoms with van der Waals surface area (Å²) in [6.45, 7) is 2.01. The molecule has 0 radical (unpaired) electrons. The van der Waals surface area contributed by atoms with Gasteiger partial charge in [0, 0.05) is 10.0 Å². The van der Waals surface area contributed by atoms with Crippen molar-refractivity contribution in [1.82, 2.24) is 9.97 Å². The number of hydrogen-bond acceptors (Lipinski definition) is 2. The lowest BCUT2D eigenvalue weighted by atomic mass is 10.1. The van der Waals surface area contributed by atoms with Crippen molar-refractivity contribution in [3.05, 3.63) is 43.0 Å². The summed E-state index contributed by atoms with van der Waals surface area (Å²) in [6, 6.07) is 5.84. The fourth-order valence-electron chi connectivity index (χ4n) is 1.26. The van der Waals surface area contributed by atoms with Crippen molar-refractivity contribution in [1.29, 1.82) is 0 Å². The van der Waals surface area contributed by atoms with Gasteiger partial charge >= 0.3 is 0 Å². The largest absolute Gasteiger partial charge is 0.215 e. The highest BCUT2D eigenvalue weighted by atomic mass is 79.9. The van der Waals surface area contributed by atoms with Gasteiger partial charge in [-0.05, 0) is 34.5 Å². The molecule has 0 aliphatic heterocycles. The molecular weight excluding hydrogens is 391 g/mol. The Hall–Kier alpha value is -0.160. The molecule has 1 heterocycles. The van der Waals surface area contributed by atoms with Gasteiger partial charge in [-0.1, -0.05) is 51.3 Å². The average Bonchev–Trinajstić information content (AvgIpc) is 2.29. The van der Waals surface area contributed by atoms with Gasteiger partial charge in [-0.25, -0.2) is 9.97 Å². The van der Waals surface area contributed by atoms with Gasteiger partial charge < -0.3 is 0 Å². The molecule has 88 valence electrons. The van der Waals surface area contributed by atoms with Crippen molar-refractivity contribution < 1.29 is 0 Å². The Morgan fingerprint density at radius 1 is 1.06 bits per heavy atom. The van der Waals surface area contributed by atoms with E-state index in [1.54, 1.807) is 0 Å².